The average molecular weight is 261 g/mol. The Morgan fingerprint density at radius 1 is 1.42 bits per heavy atom. The first-order valence-corrected chi connectivity index (χ1v) is 6.69. The third-order valence-corrected chi connectivity index (χ3v) is 3.75. The molecule has 0 aromatic heterocycles. The normalized spacial score (nSPS) is 15.2. The van der Waals surface area contributed by atoms with E-state index in [2.05, 4.69) is 13.8 Å². The average Bonchev–Trinajstić information content (AvgIpc) is 2.81. The lowest BCUT2D eigenvalue weighted by atomic mass is 10.0. The molecule has 0 saturated heterocycles. The first-order valence-electron chi connectivity index (χ1n) is 6.69. The zero-order chi connectivity index (χ0) is 14.0. The van der Waals surface area contributed by atoms with E-state index < -0.39 is 5.97 Å². The molecular formula is C15H19NO3. The van der Waals surface area contributed by atoms with Crippen LogP contribution in [-0.4, -0.2) is 23.5 Å². The van der Waals surface area contributed by atoms with E-state index in [0.29, 0.717) is 18.9 Å². The summed E-state index contributed by atoms with van der Waals surface area (Å²) in [7, 11) is 0. The molecule has 1 heterocycles. The van der Waals surface area contributed by atoms with Gasteiger partial charge in [-0.1, -0.05) is 26.3 Å². The number of hydrogen-bond acceptors (Lipinski definition) is 2. The molecule has 0 aliphatic carbocycles. The smallest absolute Gasteiger partial charge is 0.335 e. The highest BCUT2D eigenvalue weighted by atomic mass is 16.4. The number of anilines is 1. The zero-order valence-electron chi connectivity index (χ0n) is 11.3. The minimum Gasteiger partial charge on any atom is -0.478 e. The number of fused-ring (bicyclic) bond motifs is 1. The van der Waals surface area contributed by atoms with Crippen LogP contribution in [0.2, 0.25) is 0 Å². The zero-order valence-corrected chi connectivity index (χ0v) is 11.3. The van der Waals surface area contributed by atoms with Gasteiger partial charge in [0.05, 0.1) is 5.56 Å². The Balaban J connectivity index is 2.22. The Morgan fingerprint density at radius 3 is 2.79 bits per heavy atom. The van der Waals surface area contributed by atoms with Crippen LogP contribution >= 0.6 is 0 Å². The second-order valence-electron chi connectivity index (χ2n) is 5.16. The summed E-state index contributed by atoms with van der Waals surface area (Å²) in [6.07, 6.45) is 2.30. The SMILES string of the molecule is CCC(C)CC(=O)N1CCc2ccc(C(=O)O)cc21. The minimum absolute atomic E-state index is 0.0932. The summed E-state index contributed by atoms with van der Waals surface area (Å²) < 4.78 is 0. The summed E-state index contributed by atoms with van der Waals surface area (Å²) in [6.45, 7) is 4.79. The molecule has 19 heavy (non-hydrogen) atoms. The van der Waals surface area contributed by atoms with E-state index in [0.717, 1.165) is 24.1 Å². The van der Waals surface area contributed by atoms with Crippen molar-refractivity contribution in [1.29, 1.82) is 0 Å². The van der Waals surface area contributed by atoms with Gasteiger partial charge in [-0.25, -0.2) is 4.79 Å². The number of carboxylic acids is 1. The van der Waals surface area contributed by atoms with Gasteiger partial charge in [0.2, 0.25) is 5.91 Å². The third-order valence-electron chi connectivity index (χ3n) is 3.75. The quantitative estimate of drug-likeness (QED) is 0.906. The molecule has 4 heteroatoms. The van der Waals surface area contributed by atoms with Gasteiger partial charge < -0.3 is 10.0 Å². The maximum Gasteiger partial charge on any atom is 0.335 e. The molecule has 1 aromatic rings. The summed E-state index contributed by atoms with van der Waals surface area (Å²) in [5.74, 6) is -0.501. The fourth-order valence-corrected chi connectivity index (χ4v) is 2.32. The summed E-state index contributed by atoms with van der Waals surface area (Å²) in [4.78, 5) is 25.0. The molecule has 1 unspecified atom stereocenters. The van der Waals surface area contributed by atoms with E-state index in [9.17, 15) is 9.59 Å². The topological polar surface area (TPSA) is 57.6 Å². The molecule has 2 rings (SSSR count). The minimum atomic E-state index is -0.955. The van der Waals surface area contributed by atoms with Gasteiger partial charge in [0.25, 0.3) is 0 Å². The lowest BCUT2D eigenvalue weighted by molar-refractivity contribution is -0.119. The van der Waals surface area contributed by atoms with Crippen LogP contribution < -0.4 is 4.90 Å². The van der Waals surface area contributed by atoms with Gasteiger partial charge in [-0.05, 0) is 30.0 Å². The maximum absolute atomic E-state index is 12.2. The van der Waals surface area contributed by atoms with Gasteiger partial charge in [0.15, 0.2) is 0 Å². The van der Waals surface area contributed by atoms with Crippen LogP contribution in [-0.2, 0) is 11.2 Å². The lowest BCUT2D eigenvalue weighted by Crippen LogP contribution is -2.30. The van der Waals surface area contributed by atoms with Crippen LogP contribution in [0.15, 0.2) is 18.2 Å². The highest BCUT2D eigenvalue weighted by Crippen LogP contribution is 2.30. The maximum atomic E-state index is 12.2. The van der Waals surface area contributed by atoms with E-state index in [4.69, 9.17) is 5.11 Å². The molecule has 0 fully saturated rings. The van der Waals surface area contributed by atoms with Crippen molar-refractivity contribution in [3.63, 3.8) is 0 Å². The fourth-order valence-electron chi connectivity index (χ4n) is 2.32. The standard InChI is InChI=1S/C15H19NO3/c1-3-10(2)8-14(17)16-7-6-11-4-5-12(15(18)19)9-13(11)16/h4-5,9-10H,3,6-8H2,1-2H3,(H,18,19). The molecule has 1 aliphatic rings. The summed E-state index contributed by atoms with van der Waals surface area (Å²) in [5, 5.41) is 9.02. The molecule has 1 atom stereocenters. The highest BCUT2D eigenvalue weighted by molar-refractivity contribution is 5.97. The van der Waals surface area contributed by atoms with E-state index in [1.165, 1.54) is 0 Å². The Morgan fingerprint density at radius 2 is 2.16 bits per heavy atom. The fraction of sp³-hybridized carbons (Fsp3) is 0.467. The monoisotopic (exact) mass is 261 g/mol. The van der Waals surface area contributed by atoms with Crippen molar-refractivity contribution in [2.45, 2.75) is 33.1 Å². The Labute approximate surface area is 113 Å². The summed E-state index contributed by atoms with van der Waals surface area (Å²) in [6, 6.07) is 5.03. The van der Waals surface area contributed by atoms with Crippen molar-refractivity contribution in [3.05, 3.63) is 29.3 Å². The number of carboxylic acid groups (broad SMARTS) is 1. The number of nitrogens with zero attached hydrogens (tertiary/aromatic N) is 1. The van der Waals surface area contributed by atoms with E-state index in [1.54, 1.807) is 17.0 Å². The third kappa shape index (κ3) is 2.78. The number of rotatable bonds is 4. The van der Waals surface area contributed by atoms with Gasteiger partial charge in [-0.15, -0.1) is 0 Å². The first kappa shape index (κ1) is 13.6. The first-order chi connectivity index (χ1) is 9.02. The number of hydrogen-bond donors (Lipinski definition) is 1. The summed E-state index contributed by atoms with van der Waals surface area (Å²) in [5.41, 5.74) is 2.07. The molecule has 0 bridgehead atoms. The van der Waals surface area contributed by atoms with Crippen molar-refractivity contribution in [3.8, 4) is 0 Å². The Kier molecular flexibility index (Phi) is 3.88. The van der Waals surface area contributed by atoms with Crippen LogP contribution in [0.25, 0.3) is 0 Å². The molecule has 0 radical (unpaired) electrons. The second-order valence-corrected chi connectivity index (χ2v) is 5.16. The second kappa shape index (κ2) is 5.43. The highest BCUT2D eigenvalue weighted by Gasteiger charge is 2.26. The predicted molar refractivity (Wildman–Crippen MR) is 73.5 cm³/mol. The van der Waals surface area contributed by atoms with E-state index in [-0.39, 0.29) is 11.5 Å². The Bertz CT molecular complexity index is 510. The molecule has 1 aliphatic heterocycles. The van der Waals surface area contributed by atoms with E-state index in [1.807, 2.05) is 6.07 Å². The van der Waals surface area contributed by atoms with Gasteiger partial charge in [0, 0.05) is 18.7 Å². The van der Waals surface area contributed by atoms with Crippen molar-refractivity contribution in [2.24, 2.45) is 5.92 Å². The van der Waals surface area contributed by atoms with Crippen molar-refractivity contribution in [2.75, 3.05) is 11.4 Å². The number of carbonyl (C=O) groups is 2. The lowest BCUT2D eigenvalue weighted by Gasteiger charge is -2.19. The molecule has 1 aromatic carbocycles. The summed E-state index contributed by atoms with van der Waals surface area (Å²) >= 11 is 0. The number of aromatic carboxylic acids is 1. The van der Waals surface area contributed by atoms with Gasteiger partial charge in [0.1, 0.15) is 0 Å². The van der Waals surface area contributed by atoms with Crippen molar-refractivity contribution in [1.82, 2.24) is 0 Å². The molecule has 0 spiro atoms. The van der Waals surface area contributed by atoms with Gasteiger partial charge in [-0.3, -0.25) is 4.79 Å². The number of benzene rings is 1. The molecule has 4 nitrogen and oxygen atoms in total. The Hall–Kier alpha value is -1.84. The van der Waals surface area contributed by atoms with Crippen LogP contribution in [0.3, 0.4) is 0 Å². The van der Waals surface area contributed by atoms with Crippen LogP contribution in [0.1, 0.15) is 42.6 Å². The van der Waals surface area contributed by atoms with E-state index >= 15 is 0 Å². The van der Waals surface area contributed by atoms with Crippen molar-refractivity contribution < 1.29 is 14.7 Å². The molecule has 0 saturated carbocycles. The van der Waals surface area contributed by atoms with Gasteiger partial charge >= 0.3 is 5.97 Å². The van der Waals surface area contributed by atoms with Crippen LogP contribution in [0, 0.1) is 5.92 Å². The molecular weight excluding hydrogens is 242 g/mol. The largest absolute Gasteiger partial charge is 0.478 e. The molecule has 102 valence electrons. The van der Waals surface area contributed by atoms with Crippen LogP contribution in [0.5, 0.6) is 0 Å². The number of carbonyl (C=O) groups excluding carboxylic acids is 1. The molecule has 1 amide bonds. The predicted octanol–water partition coefficient (Wildman–Crippen LogP) is 2.71. The van der Waals surface area contributed by atoms with Crippen molar-refractivity contribution >= 4 is 17.6 Å². The van der Waals surface area contributed by atoms with Crippen LogP contribution in [0.4, 0.5) is 5.69 Å². The van der Waals surface area contributed by atoms with Gasteiger partial charge in [-0.2, -0.15) is 0 Å². The number of amides is 1. The molecule has 1 N–H and O–H groups in total.